The van der Waals surface area contributed by atoms with Crippen LogP contribution in [0.2, 0.25) is 0 Å². The van der Waals surface area contributed by atoms with Crippen molar-refractivity contribution in [2.45, 2.75) is 19.4 Å². The predicted octanol–water partition coefficient (Wildman–Crippen LogP) is 0.250. The number of nitrogens with one attached hydrogen (secondary N) is 1. The fraction of sp³-hybridized carbons (Fsp3) is 0.417. The number of amides is 2. The van der Waals surface area contributed by atoms with Gasteiger partial charge in [0.1, 0.15) is 7.85 Å². The van der Waals surface area contributed by atoms with E-state index in [2.05, 4.69) is 37.4 Å². The number of hydrogen-bond acceptors (Lipinski definition) is 1. The molecule has 84 valence electrons. The highest BCUT2D eigenvalue weighted by Crippen LogP contribution is 2.07. The molecule has 0 bridgehead atoms. The summed E-state index contributed by atoms with van der Waals surface area (Å²) in [4.78, 5) is 13.6. The Balaban J connectivity index is 1.82. The van der Waals surface area contributed by atoms with Crippen LogP contribution in [0.3, 0.4) is 0 Å². The van der Waals surface area contributed by atoms with E-state index in [9.17, 15) is 4.79 Å². The molecule has 0 spiro atoms. The normalized spacial score (nSPS) is 15.1. The summed E-state index contributed by atoms with van der Waals surface area (Å²) in [5.41, 5.74) is 2.40. The molecule has 3 nitrogen and oxygen atoms in total. The van der Waals surface area contributed by atoms with Crippen molar-refractivity contribution in [1.82, 2.24) is 10.2 Å². The molecule has 1 saturated heterocycles. The van der Waals surface area contributed by atoms with Crippen LogP contribution in [0.25, 0.3) is 0 Å². The first-order valence-corrected chi connectivity index (χ1v) is 5.84. The molecular weight excluding hydrogens is 199 g/mol. The number of likely N-dealkylation sites (tertiary alicyclic amines) is 1. The first-order valence-electron chi connectivity index (χ1n) is 5.84. The van der Waals surface area contributed by atoms with Crippen LogP contribution in [-0.4, -0.2) is 31.9 Å². The number of benzene rings is 1. The average molecular weight is 216 g/mol. The Morgan fingerprint density at radius 1 is 1.25 bits per heavy atom. The lowest BCUT2D eigenvalue weighted by molar-refractivity contribution is 0.208. The summed E-state index contributed by atoms with van der Waals surface area (Å²) < 4.78 is 0. The molecule has 2 amide bonds. The second-order valence-corrected chi connectivity index (χ2v) is 4.34. The van der Waals surface area contributed by atoms with Crippen LogP contribution in [0.1, 0.15) is 18.4 Å². The fourth-order valence-electron chi connectivity index (χ4n) is 1.92. The summed E-state index contributed by atoms with van der Waals surface area (Å²) in [6.45, 7) is 2.43. The Morgan fingerprint density at radius 2 is 1.88 bits per heavy atom. The smallest absolute Gasteiger partial charge is 0.317 e. The maximum absolute atomic E-state index is 11.7. The third kappa shape index (κ3) is 2.78. The Hall–Kier alpha value is -1.45. The van der Waals surface area contributed by atoms with Gasteiger partial charge in [0.25, 0.3) is 0 Å². The molecule has 1 aromatic carbocycles. The van der Waals surface area contributed by atoms with Gasteiger partial charge in [0.15, 0.2) is 0 Å². The third-order valence-corrected chi connectivity index (χ3v) is 2.96. The lowest BCUT2D eigenvalue weighted by Gasteiger charge is -2.16. The van der Waals surface area contributed by atoms with Crippen LogP contribution >= 0.6 is 0 Å². The van der Waals surface area contributed by atoms with Crippen molar-refractivity contribution in [3.8, 4) is 0 Å². The topological polar surface area (TPSA) is 32.3 Å². The molecule has 2 rings (SSSR count). The predicted molar refractivity (Wildman–Crippen MR) is 67.7 cm³/mol. The Bertz CT molecular complexity index is 358. The van der Waals surface area contributed by atoms with Gasteiger partial charge in [0.2, 0.25) is 0 Å². The monoisotopic (exact) mass is 216 g/mol. The summed E-state index contributed by atoms with van der Waals surface area (Å²) >= 11 is 0. The molecule has 16 heavy (non-hydrogen) atoms. The standard InChI is InChI=1S/C12H17BN2O/c13-11-5-3-10(4-6-11)9-14-12(16)15-7-1-2-8-15/h3-6H,1-2,7-9,13H2,(H,14,16). The summed E-state index contributed by atoms with van der Waals surface area (Å²) in [7, 11) is 2.06. The van der Waals surface area contributed by atoms with Gasteiger partial charge >= 0.3 is 6.03 Å². The zero-order valence-electron chi connectivity index (χ0n) is 9.70. The average Bonchev–Trinajstić information content (AvgIpc) is 2.81. The van der Waals surface area contributed by atoms with Gasteiger partial charge in [-0.2, -0.15) is 0 Å². The maximum Gasteiger partial charge on any atom is 0.317 e. The Kier molecular flexibility index (Phi) is 3.49. The van der Waals surface area contributed by atoms with Gasteiger partial charge < -0.3 is 10.2 Å². The van der Waals surface area contributed by atoms with E-state index in [0.717, 1.165) is 31.5 Å². The first kappa shape index (κ1) is 11.1. The molecule has 0 radical (unpaired) electrons. The minimum absolute atomic E-state index is 0.0677. The second-order valence-electron chi connectivity index (χ2n) is 4.34. The molecule has 1 fully saturated rings. The third-order valence-electron chi connectivity index (χ3n) is 2.96. The van der Waals surface area contributed by atoms with Crippen molar-refractivity contribution in [2.75, 3.05) is 13.1 Å². The van der Waals surface area contributed by atoms with E-state index in [1.54, 1.807) is 0 Å². The Morgan fingerprint density at radius 3 is 2.50 bits per heavy atom. The zero-order chi connectivity index (χ0) is 11.4. The lowest BCUT2D eigenvalue weighted by atomic mass is 9.95. The lowest BCUT2D eigenvalue weighted by Crippen LogP contribution is -2.37. The van der Waals surface area contributed by atoms with Crippen molar-refractivity contribution in [3.63, 3.8) is 0 Å². The number of carbonyl (C=O) groups is 1. The van der Waals surface area contributed by atoms with Gasteiger partial charge in [-0.15, -0.1) is 0 Å². The van der Waals surface area contributed by atoms with Gasteiger partial charge in [-0.25, -0.2) is 4.79 Å². The minimum atomic E-state index is 0.0677. The van der Waals surface area contributed by atoms with Gasteiger partial charge in [-0.1, -0.05) is 29.7 Å². The van der Waals surface area contributed by atoms with E-state index in [4.69, 9.17) is 0 Å². The van der Waals surface area contributed by atoms with Crippen molar-refractivity contribution >= 4 is 19.3 Å². The van der Waals surface area contributed by atoms with Crippen LogP contribution in [0, 0.1) is 0 Å². The Labute approximate surface area is 97.2 Å². The van der Waals surface area contributed by atoms with Crippen molar-refractivity contribution in [2.24, 2.45) is 0 Å². The molecule has 1 aromatic rings. The molecule has 0 unspecified atom stereocenters. The SMILES string of the molecule is Bc1ccc(CNC(=O)N2CCCC2)cc1. The largest absolute Gasteiger partial charge is 0.334 e. The number of urea groups is 1. The highest BCUT2D eigenvalue weighted by Gasteiger charge is 2.16. The van der Waals surface area contributed by atoms with Crippen LogP contribution < -0.4 is 10.8 Å². The number of nitrogens with zero attached hydrogens (tertiary/aromatic N) is 1. The van der Waals surface area contributed by atoms with E-state index in [-0.39, 0.29) is 6.03 Å². The maximum atomic E-state index is 11.7. The molecule has 0 atom stereocenters. The van der Waals surface area contributed by atoms with E-state index < -0.39 is 0 Å². The number of carbonyl (C=O) groups excluding carboxylic acids is 1. The molecule has 0 saturated carbocycles. The highest BCUT2D eigenvalue weighted by molar-refractivity contribution is 6.32. The fourth-order valence-corrected chi connectivity index (χ4v) is 1.92. The van der Waals surface area contributed by atoms with Crippen molar-refractivity contribution < 1.29 is 4.79 Å². The molecule has 1 aliphatic rings. The minimum Gasteiger partial charge on any atom is -0.334 e. The van der Waals surface area contributed by atoms with E-state index >= 15 is 0 Å². The summed E-state index contributed by atoms with van der Waals surface area (Å²) in [6.07, 6.45) is 2.27. The van der Waals surface area contributed by atoms with E-state index in [1.807, 2.05) is 4.90 Å². The summed E-state index contributed by atoms with van der Waals surface area (Å²) in [5, 5.41) is 2.95. The van der Waals surface area contributed by atoms with Gasteiger partial charge in [0.05, 0.1) is 0 Å². The van der Waals surface area contributed by atoms with Gasteiger partial charge in [-0.05, 0) is 18.4 Å². The van der Waals surface area contributed by atoms with E-state index in [1.165, 1.54) is 5.46 Å². The van der Waals surface area contributed by atoms with E-state index in [0.29, 0.717) is 6.54 Å². The first-order chi connectivity index (χ1) is 7.75. The van der Waals surface area contributed by atoms with Crippen molar-refractivity contribution in [3.05, 3.63) is 29.8 Å². The number of rotatable bonds is 2. The second kappa shape index (κ2) is 5.06. The molecule has 0 aliphatic carbocycles. The van der Waals surface area contributed by atoms with Crippen LogP contribution in [0.15, 0.2) is 24.3 Å². The molecule has 1 heterocycles. The molecule has 1 aliphatic heterocycles. The van der Waals surface area contributed by atoms with Crippen LogP contribution in [-0.2, 0) is 6.54 Å². The summed E-state index contributed by atoms with van der Waals surface area (Å²) in [5.74, 6) is 0. The van der Waals surface area contributed by atoms with Gasteiger partial charge in [0, 0.05) is 19.6 Å². The van der Waals surface area contributed by atoms with Crippen LogP contribution in [0.4, 0.5) is 4.79 Å². The zero-order valence-corrected chi connectivity index (χ0v) is 9.70. The quantitative estimate of drug-likeness (QED) is 0.706. The summed E-state index contributed by atoms with van der Waals surface area (Å²) in [6, 6.07) is 8.31. The molecular formula is C12H17BN2O. The highest BCUT2D eigenvalue weighted by atomic mass is 16.2. The molecule has 0 aromatic heterocycles. The molecule has 4 heteroatoms. The molecule has 1 N–H and O–H groups in total. The van der Waals surface area contributed by atoms with Crippen molar-refractivity contribution in [1.29, 1.82) is 0 Å². The number of hydrogen-bond donors (Lipinski definition) is 1. The van der Waals surface area contributed by atoms with Crippen LogP contribution in [0.5, 0.6) is 0 Å². The van der Waals surface area contributed by atoms with Gasteiger partial charge in [-0.3, -0.25) is 0 Å².